The average molecular weight is 539 g/mol. The molecule has 7 rings (SSSR count). The highest BCUT2D eigenvalue weighted by molar-refractivity contribution is 6.07. The monoisotopic (exact) mass is 538 g/mol. The molecule has 1 N–H and O–H groups in total. The van der Waals surface area contributed by atoms with Crippen LogP contribution in [0.25, 0.3) is 66.4 Å². The van der Waals surface area contributed by atoms with Crippen LogP contribution < -0.4 is 0 Å². The third-order valence-electron chi connectivity index (χ3n) is 8.10. The van der Waals surface area contributed by atoms with E-state index < -0.39 is 0 Å². The van der Waals surface area contributed by atoms with Crippen LogP contribution in [0.2, 0.25) is 0 Å². The summed E-state index contributed by atoms with van der Waals surface area (Å²) in [6.07, 6.45) is 0. The van der Waals surface area contributed by atoms with E-state index >= 15 is 0 Å². The molecule has 0 spiro atoms. The molecule has 0 fully saturated rings. The second-order valence-corrected chi connectivity index (χ2v) is 10.8. The highest BCUT2D eigenvalue weighted by atomic mass is 16.3. The van der Waals surface area contributed by atoms with E-state index in [0.29, 0.717) is 5.75 Å². The second-order valence-electron chi connectivity index (χ2n) is 10.8. The molecule has 0 aliphatic carbocycles. The van der Waals surface area contributed by atoms with Gasteiger partial charge in [0.15, 0.2) is 0 Å². The zero-order valence-electron chi connectivity index (χ0n) is 23.5. The van der Waals surface area contributed by atoms with Crippen LogP contribution in [0.5, 0.6) is 5.75 Å². The Kier molecular flexibility index (Phi) is 6.62. The van der Waals surface area contributed by atoms with Gasteiger partial charge < -0.3 is 5.11 Å². The fourth-order valence-electron chi connectivity index (χ4n) is 5.94. The molecule has 0 saturated heterocycles. The van der Waals surface area contributed by atoms with E-state index in [0.717, 1.165) is 55.3 Å². The number of phenolic OH excluding ortho intramolecular Hbond substituents is 1. The quantitative estimate of drug-likeness (QED) is 0.231. The SMILES string of the molecule is Cc1cccc2c(-c3cc(-c4ccccc4)cc(-c4ccccc4)c3)cc(-c3ccc(-c4ccccc4)cc3)c(O)c12. The summed E-state index contributed by atoms with van der Waals surface area (Å²) in [7, 11) is 0. The zero-order chi connectivity index (χ0) is 28.5. The lowest BCUT2D eigenvalue weighted by molar-refractivity contribution is 0.483. The Morgan fingerprint density at radius 3 is 1.36 bits per heavy atom. The number of phenols is 1. The Bertz CT molecular complexity index is 1950. The molecular formula is C41H30O. The maximum Gasteiger partial charge on any atom is 0.131 e. The maximum absolute atomic E-state index is 11.7. The van der Waals surface area contributed by atoms with Gasteiger partial charge in [-0.05, 0) is 92.2 Å². The van der Waals surface area contributed by atoms with Crippen molar-refractivity contribution in [2.24, 2.45) is 0 Å². The first kappa shape index (κ1) is 25.6. The summed E-state index contributed by atoms with van der Waals surface area (Å²) in [6.45, 7) is 2.07. The Hall–Kier alpha value is -5.40. The van der Waals surface area contributed by atoms with Crippen LogP contribution in [0, 0.1) is 6.92 Å². The van der Waals surface area contributed by atoms with Crippen molar-refractivity contribution in [2.45, 2.75) is 6.92 Å². The molecule has 0 heterocycles. The van der Waals surface area contributed by atoms with E-state index in [9.17, 15) is 5.11 Å². The van der Waals surface area contributed by atoms with Crippen molar-refractivity contribution in [2.75, 3.05) is 0 Å². The lowest BCUT2D eigenvalue weighted by Crippen LogP contribution is -1.91. The van der Waals surface area contributed by atoms with Gasteiger partial charge in [-0.2, -0.15) is 0 Å². The first-order chi connectivity index (χ1) is 20.7. The van der Waals surface area contributed by atoms with Gasteiger partial charge >= 0.3 is 0 Å². The Balaban J connectivity index is 1.46. The third kappa shape index (κ3) is 4.76. The largest absolute Gasteiger partial charge is 0.507 e. The van der Waals surface area contributed by atoms with Crippen molar-refractivity contribution in [3.05, 3.63) is 163 Å². The predicted molar refractivity (Wildman–Crippen MR) is 178 cm³/mol. The molecule has 1 heteroatoms. The summed E-state index contributed by atoms with van der Waals surface area (Å²) < 4.78 is 0. The minimum absolute atomic E-state index is 0.321. The van der Waals surface area contributed by atoms with Gasteiger partial charge in [-0.15, -0.1) is 0 Å². The molecule has 0 bridgehead atoms. The van der Waals surface area contributed by atoms with Crippen LogP contribution in [0.1, 0.15) is 5.56 Å². The van der Waals surface area contributed by atoms with Gasteiger partial charge in [-0.25, -0.2) is 0 Å². The number of aryl methyl sites for hydroxylation is 1. The van der Waals surface area contributed by atoms with E-state index in [-0.39, 0.29) is 0 Å². The molecule has 0 saturated carbocycles. The van der Waals surface area contributed by atoms with Gasteiger partial charge in [0, 0.05) is 10.9 Å². The molecule has 0 aromatic heterocycles. The molecular weight excluding hydrogens is 508 g/mol. The van der Waals surface area contributed by atoms with E-state index in [4.69, 9.17) is 0 Å². The fraction of sp³-hybridized carbons (Fsp3) is 0.0244. The molecule has 0 radical (unpaired) electrons. The highest BCUT2D eigenvalue weighted by Gasteiger charge is 2.17. The van der Waals surface area contributed by atoms with Crippen molar-refractivity contribution in [3.8, 4) is 61.4 Å². The number of fused-ring (bicyclic) bond motifs is 1. The summed E-state index contributed by atoms with van der Waals surface area (Å²) in [5.74, 6) is 0.321. The van der Waals surface area contributed by atoms with Crippen LogP contribution in [0.3, 0.4) is 0 Å². The second kappa shape index (κ2) is 10.9. The number of hydrogen-bond acceptors (Lipinski definition) is 1. The summed E-state index contributed by atoms with van der Waals surface area (Å²) in [5.41, 5.74) is 12.1. The first-order valence-electron chi connectivity index (χ1n) is 14.3. The molecule has 0 amide bonds. The first-order valence-corrected chi connectivity index (χ1v) is 14.3. The Morgan fingerprint density at radius 2 is 0.810 bits per heavy atom. The van der Waals surface area contributed by atoms with Gasteiger partial charge in [0.2, 0.25) is 0 Å². The highest BCUT2D eigenvalue weighted by Crippen LogP contribution is 2.45. The van der Waals surface area contributed by atoms with Gasteiger partial charge in [-0.3, -0.25) is 0 Å². The minimum atomic E-state index is 0.321. The van der Waals surface area contributed by atoms with Crippen molar-refractivity contribution >= 4 is 10.8 Å². The van der Waals surface area contributed by atoms with Crippen molar-refractivity contribution < 1.29 is 5.11 Å². The van der Waals surface area contributed by atoms with Crippen LogP contribution in [-0.4, -0.2) is 5.11 Å². The topological polar surface area (TPSA) is 20.2 Å². The minimum Gasteiger partial charge on any atom is -0.507 e. The van der Waals surface area contributed by atoms with Crippen LogP contribution in [-0.2, 0) is 0 Å². The van der Waals surface area contributed by atoms with Gasteiger partial charge in [-0.1, -0.05) is 133 Å². The number of aromatic hydroxyl groups is 1. The molecule has 7 aromatic carbocycles. The molecule has 7 aromatic rings. The zero-order valence-corrected chi connectivity index (χ0v) is 23.5. The Morgan fingerprint density at radius 1 is 0.357 bits per heavy atom. The molecule has 1 nitrogen and oxygen atoms in total. The third-order valence-corrected chi connectivity index (χ3v) is 8.10. The molecule has 0 aliphatic heterocycles. The van der Waals surface area contributed by atoms with E-state index in [1.165, 1.54) is 16.7 Å². The molecule has 200 valence electrons. The molecule has 42 heavy (non-hydrogen) atoms. The van der Waals surface area contributed by atoms with E-state index in [1.54, 1.807) is 0 Å². The predicted octanol–water partition coefficient (Wildman–Crippen LogP) is 11.2. The molecule has 0 unspecified atom stereocenters. The summed E-state index contributed by atoms with van der Waals surface area (Å²) in [6, 6.07) is 55.2. The van der Waals surface area contributed by atoms with E-state index in [1.807, 2.05) is 6.07 Å². The molecule has 0 atom stereocenters. The summed E-state index contributed by atoms with van der Waals surface area (Å²) in [5, 5.41) is 13.6. The smallest absolute Gasteiger partial charge is 0.131 e. The maximum atomic E-state index is 11.7. The fourth-order valence-corrected chi connectivity index (χ4v) is 5.94. The van der Waals surface area contributed by atoms with Crippen LogP contribution in [0.15, 0.2) is 158 Å². The van der Waals surface area contributed by atoms with Crippen molar-refractivity contribution in [1.82, 2.24) is 0 Å². The van der Waals surface area contributed by atoms with Crippen LogP contribution >= 0.6 is 0 Å². The van der Waals surface area contributed by atoms with Gasteiger partial charge in [0.05, 0.1) is 0 Å². The standard InChI is InChI=1S/C41H30O/c1-28-12-11-19-37-38(27-39(41(42)40(28)37)33-22-20-32(21-23-33)29-13-5-2-6-14-29)36-25-34(30-15-7-3-8-16-30)24-35(26-36)31-17-9-4-10-18-31/h2-27,42H,1H3. The molecule has 0 aliphatic rings. The van der Waals surface area contributed by atoms with Crippen LogP contribution in [0.4, 0.5) is 0 Å². The normalized spacial score (nSPS) is 11.1. The summed E-state index contributed by atoms with van der Waals surface area (Å²) in [4.78, 5) is 0. The van der Waals surface area contributed by atoms with Crippen molar-refractivity contribution in [3.63, 3.8) is 0 Å². The lowest BCUT2D eigenvalue weighted by Gasteiger charge is -2.17. The average Bonchev–Trinajstić information content (AvgIpc) is 3.06. The lowest BCUT2D eigenvalue weighted by atomic mass is 9.87. The Labute approximate surface area is 247 Å². The number of hydrogen-bond donors (Lipinski definition) is 1. The van der Waals surface area contributed by atoms with Gasteiger partial charge in [0.1, 0.15) is 5.75 Å². The number of benzene rings is 7. The van der Waals surface area contributed by atoms with Crippen molar-refractivity contribution in [1.29, 1.82) is 0 Å². The van der Waals surface area contributed by atoms with E-state index in [2.05, 4.69) is 159 Å². The van der Waals surface area contributed by atoms with Gasteiger partial charge in [0.25, 0.3) is 0 Å². The number of rotatable bonds is 5. The summed E-state index contributed by atoms with van der Waals surface area (Å²) >= 11 is 0.